The minimum absolute atomic E-state index is 0.0308. The Kier molecular flexibility index (Phi) is 5.97. The minimum atomic E-state index is -0.430. The van der Waals surface area contributed by atoms with Crippen molar-refractivity contribution in [3.05, 3.63) is 34.5 Å². The Morgan fingerprint density at radius 3 is 2.46 bits per heavy atom. The summed E-state index contributed by atoms with van der Waals surface area (Å²) in [4.78, 5) is 12.3. The molecule has 0 aliphatic heterocycles. The maximum absolute atomic E-state index is 11.0. The second-order valence-corrected chi connectivity index (χ2v) is 2.56. The molecule has 0 spiro atoms. The summed E-state index contributed by atoms with van der Waals surface area (Å²) in [6, 6.07) is 0. The van der Waals surface area contributed by atoms with Gasteiger partial charge in [-0.3, -0.25) is 0 Å². The fourth-order valence-corrected chi connectivity index (χ4v) is 0.764. The maximum Gasteiger partial charge on any atom is 0.337 e. The Morgan fingerprint density at radius 1 is 1.46 bits per heavy atom. The highest BCUT2D eigenvalue weighted by atomic mass is 79.9. The second kappa shape index (κ2) is 6.48. The molecule has 0 radical (unpaired) electrons. The molecular weight excluding hydrogens is 236 g/mol. The van der Waals surface area contributed by atoms with E-state index in [1.165, 1.54) is 24.2 Å². The molecule has 0 aromatic carbocycles. The molecule has 13 heavy (non-hydrogen) atoms. The third kappa shape index (κ3) is 4.52. The van der Waals surface area contributed by atoms with Gasteiger partial charge in [0.1, 0.15) is 5.76 Å². The highest BCUT2D eigenvalue weighted by Gasteiger charge is 2.03. The van der Waals surface area contributed by atoms with Crippen LogP contribution >= 0.6 is 15.9 Å². The van der Waals surface area contributed by atoms with Gasteiger partial charge in [-0.25, -0.2) is 4.79 Å². The molecule has 0 saturated heterocycles. The Balaban J connectivity index is 4.49. The molecule has 0 rings (SSSR count). The van der Waals surface area contributed by atoms with Crippen molar-refractivity contribution < 1.29 is 14.6 Å². The van der Waals surface area contributed by atoms with Crippen LogP contribution in [-0.4, -0.2) is 18.2 Å². The van der Waals surface area contributed by atoms with E-state index in [1.807, 2.05) is 0 Å². The average molecular weight is 247 g/mol. The van der Waals surface area contributed by atoms with Gasteiger partial charge in [-0.1, -0.05) is 22.0 Å². The van der Waals surface area contributed by atoms with Crippen molar-refractivity contribution in [2.24, 2.45) is 0 Å². The van der Waals surface area contributed by atoms with Crippen LogP contribution in [-0.2, 0) is 9.53 Å². The van der Waals surface area contributed by atoms with Gasteiger partial charge in [0.15, 0.2) is 0 Å². The lowest BCUT2D eigenvalue weighted by Gasteiger charge is -1.97. The Morgan fingerprint density at radius 2 is 2.08 bits per heavy atom. The number of ether oxygens (including phenoxy) is 1. The van der Waals surface area contributed by atoms with Crippen LogP contribution < -0.4 is 0 Å². The summed E-state index contributed by atoms with van der Waals surface area (Å²) in [6.45, 7) is 1.71. The monoisotopic (exact) mass is 246 g/mol. The van der Waals surface area contributed by atoms with Crippen LogP contribution in [0.3, 0.4) is 0 Å². The van der Waals surface area contributed by atoms with Crippen LogP contribution in [0.2, 0.25) is 0 Å². The van der Waals surface area contributed by atoms with Crippen LogP contribution in [0.4, 0.5) is 0 Å². The number of aliphatic hydroxyl groups is 1. The van der Waals surface area contributed by atoms with Gasteiger partial charge >= 0.3 is 5.97 Å². The van der Waals surface area contributed by atoms with E-state index in [1.54, 1.807) is 13.0 Å². The largest absolute Gasteiger partial charge is 0.507 e. The Bertz CT molecular complexity index is 264. The summed E-state index contributed by atoms with van der Waals surface area (Å²) in [5.41, 5.74) is 0.392. The quantitative estimate of drug-likeness (QED) is 0.360. The first-order chi connectivity index (χ1) is 6.15. The molecule has 0 amide bonds. The van der Waals surface area contributed by atoms with Gasteiger partial charge in [0.25, 0.3) is 0 Å². The van der Waals surface area contributed by atoms with Crippen molar-refractivity contribution >= 4 is 21.9 Å². The van der Waals surface area contributed by atoms with Crippen molar-refractivity contribution in [1.82, 2.24) is 0 Å². The first kappa shape index (κ1) is 12.0. The van der Waals surface area contributed by atoms with E-state index in [2.05, 4.69) is 20.7 Å². The fraction of sp³-hybridized carbons (Fsp3) is 0.222. The third-order valence-corrected chi connectivity index (χ3v) is 1.75. The van der Waals surface area contributed by atoms with Crippen LogP contribution in [0, 0.1) is 0 Å². The van der Waals surface area contributed by atoms with E-state index >= 15 is 0 Å². The first-order valence-electron chi connectivity index (χ1n) is 3.57. The zero-order chi connectivity index (χ0) is 10.3. The zero-order valence-electron chi connectivity index (χ0n) is 7.45. The number of rotatable bonds is 3. The standard InChI is InChI=1S/C9H11BrO3/c1-3-7(9(12)13-2)4-5-8(11)6-10/h3-6,11H,1-2H3/b5-4-,7-3+,8-6-. The SMILES string of the molecule is C\C=C(/C=C\C(O)=C\Br)C(=O)OC. The van der Waals surface area contributed by atoms with E-state index in [0.717, 1.165) is 0 Å². The van der Waals surface area contributed by atoms with Crippen molar-refractivity contribution in [2.45, 2.75) is 6.92 Å². The number of esters is 1. The molecular formula is C9H11BrO3. The topological polar surface area (TPSA) is 46.5 Å². The van der Waals surface area contributed by atoms with E-state index in [-0.39, 0.29) is 5.76 Å². The minimum Gasteiger partial charge on any atom is -0.507 e. The number of allylic oxidation sites excluding steroid dienone is 2. The van der Waals surface area contributed by atoms with Gasteiger partial charge in [0.2, 0.25) is 0 Å². The van der Waals surface area contributed by atoms with Crippen LogP contribution in [0.1, 0.15) is 6.92 Å². The number of carbonyl (C=O) groups is 1. The number of aliphatic hydroxyl groups excluding tert-OH is 1. The Labute approximate surface area is 85.5 Å². The Hall–Kier alpha value is -1.03. The lowest BCUT2D eigenvalue weighted by molar-refractivity contribution is -0.135. The van der Waals surface area contributed by atoms with E-state index < -0.39 is 5.97 Å². The second-order valence-electron chi connectivity index (χ2n) is 2.10. The van der Waals surface area contributed by atoms with Gasteiger partial charge < -0.3 is 9.84 Å². The van der Waals surface area contributed by atoms with Crippen LogP contribution in [0.25, 0.3) is 0 Å². The number of carbonyl (C=O) groups excluding carboxylic acids is 1. The molecule has 0 aromatic heterocycles. The predicted octanol–water partition coefficient (Wildman–Crippen LogP) is 2.46. The van der Waals surface area contributed by atoms with E-state index in [0.29, 0.717) is 5.57 Å². The van der Waals surface area contributed by atoms with Gasteiger partial charge in [-0.05, 0) is 19.1 Å². The number of halogens is 1. The predicted molar refractivity (Wildman–Crippen MR) is 54.6 cm³/mol. The molecule has 0 aliphatic rings. The van der Waals surface area contributed by atoms with Crippen molar-refractivity contribution in [3.8, 4) is 0 Å². The molecule has 0 fully saturated rings. The molecule has 3 nitrogen and oxygen atoms in total. The summed E-state index contributed by atoms with van der Waals surface area (Å²) in [7, 11) is 1.31. The smallest absolute Gasteiger partial charge is 0.337 e. The molecule has 0 heterocycles. The summed E-state index contributed by atoms with van der Waals surface area (Å²) in [6.07, 6.45) is 4.46. The van der Waals surface area contributed by atoms with Gasteiger partial charge in [-0.15, -0.1) is 0 Å². The molecule has 0 unspecified atom stereocenters. The van der Waals surface area contributed by atoms with Crippen molar-refractivity contribution in [1.29, 1.82) is 0 Å². The van der Waals surface area contributed by atoms with Crippen LogP contribution in [0.15, 0.2) is 34.5 Å². The summed E-state index contributed by atoms with van der Waals surface area (Å²) < 4.78 is 4.50. The molecule has 4 heteroatoms. The van der Waals surface area contributed by atoms with Gasteiger partial charge in [-0.2, -0.15) is 0 Å². The maximum atomic E-state index is 11.0. The third-order valence-electron chi connectivity index (χ3n) is 1.28. The lowest BCUT2D eigenvalue weighted by Crippen LogP contribution is -2.01. The summed E-state index contributed by atoms with van der Waals surface area (Å²) in [5.74, 6) is -0.399. The first-order valence-corrected chi connectivity index (χ1v) is 4.49. The number of methoxy groups -OCH3 is 1. The molecule has 0 bridgehead atoms. The molecule has 0 saturated carbocycles. The molecule has 1 N–H and O–H groups in total. The van der Waals surface area contributed by atoms with Crippen LogP contribution in [0.5, 0.6) is 0 Å². The van der Waals surface area contributed by atoms with Gasteiger partial charge in [0.05, 0.1) is 12.7 Å². The van der Waals surface area contributed by atoms with Crippen molar-refractivity contribution in [3.63, 3.8) is 0 Å². The normalized spacial score (nSPS) is 13.5. The number of hydrogen-bond acceptors (Lipinski definition) is 3. The highest BCUT2D eigenvalue weighted by molar-refractivity contribution is 9.11. The summed E-state index contributed by atoms with van der Waals surface area (Å²) >= 11 is 2.94. The number of hydrogen-bond donors (Lipinski definition) is 1. The highest BCUT2D eigenvalue weighted by Crippen LogP contribution is 2.03. The van der Waals surface area contributed by atoms with Gasteiger partial charge in [0, 0.05) is 4.99 Å². The average Bonchev–Trinajstić information content (AvgIpc) is 2.17. The molecule has 0 aromatic rings. The van der Waals surface area contributed by atoms with E-state index in [9.17, 15) is 4.79 Å². The van der Waals surface area contributed by atoms with Crippen molar-refractivity contribution in [2.75, 3.05) is 7.11 Å². The zero-order valence-corrected chi connectivity index (χ0v) is 9.04. The summed E-state index contributed by atoms with van der Waals surface area (Å²) in [5, 5.41) is 9.00. The molecule has 0 atom stereocenters. The lowest BCUT2D eigenvalue weighted by atomic mass is 10.2. The fourth-order valence-electron chi connectivity index (χ4n) is 0.611. The molecule has 72 valence electrons. The van der Waals surface area contributed by atoms with E-state index in [4.69, 9.17) is 5.11 Å². The molecule has 0 aliphatic carbocycles.